The first-order valence-corrected chi connectivity index (χ1v) is 9.99. The Balaban J connectivity index is 1.78. The van der Waals surface area contributed by atoms with Crippen LogP contribution < -0.4 is 10.1 Å². The molecular formula is C23H27FN2O4. The van der Waals surface area contributed by atoms with E-state index in [0.29, 0.717) is 37.4 Å². The number of benzene rings is 2. The van der Waals surface area contributed by atoms with Gasteiger partial charge in [-0.3, -0.25) is 9.59 Å². The molecule has 2 atom stereocenters. The molecule has 0 aromatic heterocycles. The minimum absolute atomic E-state index is 0.134. The zero-order valence-corrected chi connectivity index (χ0v) is 17.3. The van der Waals surface area contributed by atoms with E-state index in [-0.39, 0.29) is 30.1 Å². The summed E-state index contributed by atoms with van der Waals surface area (Å²) < 4.78 is 24.0. The van der Waals surface area contributed by atoms with Crippen molar-refractivity contribution in [1.82, 2.24) is 10.2 Å². The number of ether oxygens (including phenoxy) is 2. The third-order valence-corrected chi connectivity index (χ3v) is 5.38. The van der Waals surface area contributed by atoms with Crippen LogP contribution in [0.4, 0.5) is 4.39 Å². The van der Waals surface area contributed by atoms with Crippen molar-refractivity contribution in [1.29, 1.82) is 0 Å². The summed E-state index contributed by atoms with van der Waals surface area (Å²) in [5, 5.41) is 2.92. The van der Waals surface area contributed by atoms with E-state index >= 15 is 0 Å². The molecule has 0 aliphatic carbocycles. The van der Waals surface area contributed by atoms with Crippen molar-refractivity contribution < 1.29 is 23.5 Å². The third kappa shape index (κ3) is 5.16. The number of rotatable bonds is 8. The van der Waals surface area contributed by atoms with E-state index < -0.39 is 5.92 Å². The molecular weight excluding hydrogens is 387 g/mol. The van der Waals surface area contributed by atoms with Crippen molar-refractivity contribution in [3.63, 3.8) is 0 Å². The van der Waals surface area contributed by atoms with Crippen molar-refractivity contribution >= 4 is 11.8 Å². The number of carbonyl (C=O) groups is 2. The lowest BCUT2D eigenvalue weighted by Crippen LogP contribution is -2.36. The van der Waals surface area contributed by atoms with Crippen LogP contribution in [0.3, 0.4) is 0 Å². The smallest absolute Gasteiger partial charge is 0.253 e. The van der Waals surface area contributed by atoms with E-state index in [2.05, 4.69) is 5.32 Å². The summed E-state index contributed by atoms with van der Waals surface area (Å²) in [7, 11) is 3.18. The van der Waals surface area contributed by atoms with Crippen LogP contribution in [0.1, 0.15) is 28.3 Å². The number of nitrogens with zero attached hydrogens (tertiary/aromatic N) is 1. The van der Waals surface area contributed by atoms with Gasteiger partial charge >= 0.3 is 0 Å². The topological polar surface area (TPSA) is 67.9 Å². The van der Waals surface area contributed by atoms with Gasteiger partial charge in [0.25, 0.3) is 5.91 Å². The van der Waals surface area contributed by atoms with Crippen LogP contribution in [0, 0.1) is 11.7 Å². The Morgan fingerprint density at radius 2 is 1.90 bits per heavy atom. The number of methoxy groups -OCH3 is 2. The molecule has 6 nitrogen and oxygen atoms in total. The molecule has 0 unspecified atom stereocenters. The average Bonchev–Trinajstić information content (AvgIpc) is 3.22. The van der Waals surface area contributed by atoms with Gasteiger partial charge in [-0.2, -0.15) is 0 Å². The number of likely N-dealkylation sites (tertiary alicyclic amines) is 1. The third-order valence-electron chi connectivity index (χ3n) is 5.38. The molecule has 2 aromatic carbocycles. The SMILES string of the molecule is COCCCNC(=O)[C@@H]1CN(C(=O)c2ccc(OC)cc2)C[C@@H]1c1cccc(F)c1. The molecule has 3 rings (SSSR count). The molecule has 0 spiro atoms. The second kappa shape index (κ2) is 10.2. The Kier molecular flexibility index (Phi) is 7.41. The van der Waals surface area contributed by atoms with E-state index in [0.717, 1.165) is 5.56 Å². The summed E-state index contributed by atoms with van der Waals surface area (Å²) in [6.07, 6.45) is 0.702. The monoisotopic (exact) mass is 414 g/mol. The van der Waals surface area contributed by atoms with Crippen LogP contribution in [-0.2, 0) is 9.53 Å². The fourth-order valence-electron chi connectivity index (χ4n) is 3.79. The van der Waals surface area contributed by atoms with Crippen molar-refractivity contribution in [2.24, 2.45) is 5.92 Å². The van der Waals surface area contributed by atoms with Gasteiger partial charge in [-0.05, 0) is 48.4 Å². The lowest BCUT2D eigenvalue weighted by atomic mass is 9.88. The summed E-state index contributed by atoms with van der Waals surface area (Å²) in [5.74, 6) is -0.702. The quantitative estimate of drug-likeness (QED) is 0.675. The number of halogens is 1. The first-order chi connectivity index (χ1) is 14.5. The van der Waals surface area contributed by atoms with Crippen LogP contribution in [0.25, 0.3) is 0 Å². The average molecular weight is 414 g/mol. The van der Waals surface area contributed by atoms with Gasteiger partial charge in [-0.25, -0.2) is 4.39 Å². The fourth-order valence-corrected chi connectivity index (χ4v) is 3.79. The summed E-state index contributed by atoms with van der Waals surface area (Å²) in [5.41, 5.74) is 1.24. The number of nitrogens with one attached hydrogen (secondary N) is 1. The molecule has 2 amide bonds. The van der Waals surface area contributed by atoms with Crippen LogP contribution in [0.15, 0.2) is 48.5 Å². The minimum Gasteiger partial charge on any atom is -0.497 e. The molecule has 160 valence electrons. The predicted molar refractivity (Wildman–Crippen MR) is 111 cm³/mol. The van der Waals surface area contributed by atoms with Crippen molar-refractivity contribution in [2.75, 3.05) is 40.5 Å². The van der Waals surface area contributed by atoms with E-state index in [4.69, 9.17) is 9.47 Å². The molecule has 1 aliphatic heterocycles. The van der Waals surface area contributed by atoms with Crippen molar-refractivity contribution in [3.05, 3.63) is 65.5 Å². The van der Waals surface area contributed by atoms with Crippen molar-refractivity contribution in [2.45, 2.75) is 12.3 Å². The highest BCUT2D eigenvalue weighted by atomic mass is 19.1. The minimum atomic E-state index is -0.448. The zero-order valence-electron chi connectivity index (χ0n) is 17.3. The Bertz CT molecular complexity index is 872. The first-order valence-electron chi connectivity index (χ1n) is 9.99. The van der Waals surface area contributed by atoms with Gasteiger partial charge in [0.15, 0.2) is 0 Å². The van der Waals surface area contributed by atoms with Crippen LogP contribution >= 0.6 is 0 Å². The maximum Gasteiger partial charge on any atom is 0.253 e. The first kappa shape index (κ1) is 21.8. The Morgan fingerprint density at radius 3 is 2.57 bits per heavy atom. The number of carbonyl (C=O) groups excluding carboxylic acids is 2. The molecule has 0 radical (unpaired) electrons. The maximum atomic E-state index is 13.8. The summed E-state index contributed by atoms with van der Waals surface area (Å²) in [4.78, 5) is 27.5. The molecule has 1 fully saturated rings. The van der Waals surface area contributed by atoms with Gasteiger partial charge in [0.2, 0.25) is 5.91 Å². The lowest BCUT2D eigenvalue weighted by Gasteiger charge is -2.18. The molecule has 30 heavy (non-hydrogen) atoms. The fraction of sp³-hybridized carbons (Fsp3) is 0.391. The molecule has 1 heterocycles. The lowest BCUT2D eigenvalue weighted by molar-refractivity contribution is -0.124. The van der Waals surface area contributed by atoms with Gasteiger partial charge in [0.05, 0.1) is 13.0 Å². The second-order valence-electron chi connectivity index (χ2n) is 7.34. The summed E-state index contributed by atoms with van der Waals surface area (Å²) >= 11 is 0. The largest absolute Gasteiger partial charge is 0.497 e. The molecule has 0 saturated carbocycles. The van der Waals surface area contributed by atoms with Crippen LogP contribution in [0.5, 0.6) is 5.75 Å². The van der Waals surface area contributed by atoms with Crippen LogP contribution in [-0.4, -0.2) is 57.2 Å². The van der Waals surface area contributed by atoms with Gasteiger partial charge in [-0.15, -0.1) is 0 Å². The number of hydrogen-bond donors (Lipinski definition) is 1. The molecule has 1 aliphatic rings. The molecule has 1 N–H and O–H groups in total. The van der Waals surface area contributed by atoms with Gasteiger partial charge in [-0.1, -0.05) is 12.1 Å². The van der Waals surface area contributed by atoms with Gasteiger partial charge in [0.1, 0.15) is 11.6 Å². The highest BCUT2D eigenvalue weighted by Gasteiger charge is 2.40. The standard InChI is InChI=1S/C23H27FN2O4/c1-29-12-4-11-25-22(27)21-15-26(14-20(21)17-5-3-6-18(24)13-17)23(28)16-7-9-19(30-2)10-8-16/h3,5-10,13,20-21H,4,11-12,14-15H2,1-2H3,(H,25,27)/t20-,21-/m1/s1. The van der Waals surface area contributed by atoms with Gasteiger partial charge < -0.3 is 19.7 Å². The summed E-state index contributed by atoms with van der Waals surface area (Å²) in [6.45, 7) is 1.68. The van der Waals surface area contributed by atoms with Crippen molar-refractivity contribution in [3.8, 4) is 5.75 Å². The van der Waals surface area contributed by atoms with Gasteiger partial charge in [0, 0.05) is 44.8 Å². The second-order valence-corrected chi connectivity index (χ2v) is 7.34. The van der Waals surface area contributed by atoms with Crippen LogP contribution in [0.2, 0.25) is 0 Å². The predicted octanol–water partition coefficient (Wildman–Crippen LogP) is 2.84. The number of hydrogen-bond acceptors (Lipinski definition) is 4. The number of amides is 2. The normalized spacial score (nSPS) is 18.3. The zero-order chi connectivity index (χ0) is 21.5. The van der Waals surface area contributed by atoms with E-state index in [1.807, 2.05) is 0 Å². The Morgan fingerprint density at radius 1 is 1.13 bits per heavy atom. The molecule has 2 aromatic rings. The maximum absolute atomic E-state index is 13.8. The Hall–Kier alpha value is -2.93. The molecule has 0 bridgehead atoms. The summed E-state index contributed by atoms with van der Waals surface area (Å²) in [6, 6.07) is 13.1. The van der Waals surface area contributed by atoms with E-state index in [1.54, 1.807) is 55.5 Å². The van der Waals surface area contributed by atoms with E-state index in [9.17, 15) is 14.0 Å². The Labute approximate surface area is 176 Å². The highest BCUT2D eigenvalue weighted by Crippen LogP contribution is 2.34. The molecule has 1 saturated heterocycles. The van der Waals surface area contributed by atoms with E-state index in [1.165, 1.54) is 12.1 Å². The molecule has 7 heteroatoms. The highest BCUT2D eigenvalue weighted by molar-refractivity contribution is 5.95.